The highest BCUT2D eigenvalue weighted by Crippen LogP contribution is 2.31. The van der Waals surface area contributed by atoms with E-state index in [1.807, 2.05) is 6.92 Å². The fourth-order valence-electron chi connectivity index (χ4n) is 3.01. The average molecular weight is 363 g/mol. The molecule has 0 unspecified atom stereocenters. The number of benzene rings is 1. The summed E-state index contributed by atoms with van der Waals surface area (Å²) in [5, 5.41) is 8.93. The molecule has 0 spiro atoms. The molecule has 2 amide bonds. The molecule has 1 aromatic heterocycles. The summed E-state index contributed by atoms with van der Waals surface area (Å²) < 4.78 is 34.1. The number of carbonyl (C=O) groups excluding carboxylic acids is 2. The summed E-state index contributed by atoms with van der Waals surface area (Å²) in [7, 11) is 0. The molecule has 0 aliphatic carbocycles. The van der Waals surface area contributed by atoms with Crippen molar-refractivity contribution in [2.75, 3.05) is 11.9 Å². The molecule has 2 aromatic rings. The monoisotopic (exact) mass is 363 g/mol. The predicted octanol–water partition coefficient (Wildman–Crippen LogP) is 1.19. The maximum absolute atomic E-state index is 13.8. The van der Waals surface area contributed by atoms with E-state index in [0.29, 0.717) is 11.9 Å². The third-order valence-electron chi connectivity index (χ3n) is 4.40. The van der Waals surface area contributed by atoms with Crippen molar-refractivity contribution in [3.63, 3.8) is 0 Å². The summed E-state index contributed by atoms with van der Waals surface area (Å²) in [6.07, 6.45) is 1.64. The van der Waals surface area contributed by atoms with Crippen LogP contribution < -0.4 is 15.4 Å². The van der Waals surface area contributed by atoms with Crippen LogP contribution in [0.1, 0.15) is 35.8 Å². The van der Waals surface area contributed by atoms with Crippen LogP contribution in [0.4, 0.5) is 14.5 Å². The van der Waals surface area contributed by atoms with Gasteiger partial charge in [-0.2, -0.15) is 0 Å². The van der Waals surface area contributed by atoms with Gasteiger partial charge >= 0.3 is 0 Å². The first-order valence-corrected chi connectivity index (χ1v) is 8.11. The normalized spacial score (nSPS) is 21.3. The number of hydrogen-bond acceptors (Lipinski definition) is 5. The quantitative estimate of drug-likeness (QED) is 0.835. The molecule has 0 fully saturated rings. The Morgan fingerprint density at radius 2 is 2.23 bits per heavy atom. The van der Waals surface area contributed by atoms with Crippen LogP contribution in [-0.2, 0) is 11.2 Å². The molecule has 0 radical (unpaired) electrons. The molecule has 0 saturated carbocycles. The minimum atomic E-state index is -1.10. The number of hydrogen-bond donors (Lipinski definition) is 2. The molecule has 2 N–H and O–H groups in total. The van der Waals surface area contributed by atoms with Crippen molar-refractivity contribution in [3.05, 3.63) is 35.4 Å². The molecule has 2 aliphatic heterocycles. The summed E-state index contributed by atoms with van der Waals surface area (Å²) in [5.74, 6) is -2.57. The molecule has 0 bridgehead atoms. The van der Waals surface area contributed by atoms with Crippen LogP contribution in [0.5, 0.6) is 5.75 Å². The smallest absolute Gasteiger partial charge is 0.291 e. The van der Waals surface area contributed by atoms with Gasteiger partial charge in [-0.15, -0.1) is 5.10 Å². The van der Waals surface area contributed by atoms with E-state index < -0.39 is 29.5 Å². The molecule has 136 valence electrons. The van der Waals surface area contributed by atoms with Gasteiger partial charge in [-0.05, 0) is 13.3 Å². The number of fused-ring (bicyclic) bond motifs is 2. The lowest BCUT2D eigenvalue weighted by atomic mass is 10.2. The number of amides is 2. The lowest BCUT2D eigenvalue weighted by molar-refractivity contribution is -0.118. The lowest BCUT2D eigenvalue weighted by Gasteiger charge is -2.13. The van der Waals surface area contributed by atoms with Gasteiger partial charge in [0.1, 0.15) is 35.7 Å². The molecule has 4 rings (SSSR count). The van der Waals surface area contributed by atoms with Gasteiger partial charge < -0.3 is 15.4 Å². The van der Waals surface area contributed by atoms with Crippen molar-refractivity contribution in [1.82, 2.24) is 20.1 Å². The van der Waals surface area contributed by atoms with Crippen molar-refractivity contribution in [1.29, 1.82) is 0 Å². The number of ether oxygens (including phenoxy) is 1. The first kappa shape index (κ1) is 16.4. The Bertz CT molecular complexity index is 914. The molecule has 2 aliphatic rings. The van der Waals surface area contributed by atoms with Crippen molar-refractivity contribution in [2.24, 2.45) is 0 Å². The number of carbonyl (C=O) groups is 2. The second-order valence-electron chi connectivity index (χ2n) is 6.27. The molecule has 3 heterocycles. The van der Waals surface area contributed by atoms with Crippen LogP contribution in [0.15, 0.2) is 12.1 Å². The number of aryl methyl sites for hydroxylation is 1. The molecule has 10 heteroatoms. The van der Waals surface area contributed by atoms with Crippen LogP contribution in [0.3, 0.4) is 0 Å². The SMILES string of the molecule is C[C@H]1CCc2nc(C(=O)N[C@H]3COc4cc(F)cc(F)c4NC3=O)nn21. The van der Waals surface area contributed by atoms with Gasteiger partial charge in [-0.1, -0.05) is 0 Å². The Morgan fingerprint density at radius 1 is 1.42 bits per heavy atom. The topological polar surface area (TPSA) is 98.1 Å². The van der Waals surface area contributed by atoms with E-state index in [-0.39, 0.29) is 29.9 Å². The van der Waals surface area contributed by atoms with Crippen molar-refractivity contribution in [3.8, 4) is 5.75 Å². The van der Waals surface area contributed by atoms with Gasteiger partial charge in [0.15, 0.2) is 5.82 Å². The third kappa shape index (κ3) is 2.76. The van der Waals surface area contributed by atoms with E-state index >= 15 is 0 Å². The molecule has 0 saturated heterocycles. The molecule has 26 heavy (non-hydrogen) atoms. The zero-order valence-electron chi connectivity index (χ0n) is 13.8. The minimum absolute atomic E-state index is 0.0432. The maximum Gasteiger partial charge on any atom is 0.291 e. The maximum atomic E-state index is 13.8. The Hall–Kier alpha value is -3.04. The fourth-order valence-corrected chi connectivity index (χ4v) is 3.01. The largest absolute Gasteiger partial charge is 0.488 e. The van der Waals surface area contributed by atoms with Gasteiger partial charge in [-0.25, -0.2) is 18.4 Å². The number of anilines is 1. The lowest BCUT2D eigenvalue weighted by Crippen LogP contribution is -2.46. The summed E-state index contributed by atoms with van der Waals surface area (Å²) in [6, 6.07) is 0.661. The van der Waals surface area contributed by atoms with Gasteiger partial charge in [0.25, 0.3) is 11.8 Å². The summed E-state index contributed by atoms with van der Waals surface area (Å²) >= 11 is 0. The van der Waals surface area contributed by atoms with E-state index in [9.17, 15) is 18.4 Å². The van der Waals surface area contributed by atoms with Crippen LogP contribution >= 0.6 is 0 Å². The van der Waals surface area contributed by atoms with Crippen LogP contribution in [0.2, 0.25) is 0 Å². The average Bonchev–Trinajstić information content (AvgIpc) is 3.11. The second-order valence-corrected chi connectivity index (χ2v) is 6.27. The van der Waals surface area contributed by atoms with Crippen molar-refractivity contribution in [2.45, 2.75) is 31.8 Å². The number of halogens is 2. The van der Waals surface area contributed by atoms with Crippen LogP contribution in [-0.4, -0.2) is 39.2 Å². The molecule has 1 aromatic carbocycles. The molecular formula is C16H15F2N5O3. The summed E-state index contributed by atoms with van der Waals surface area (Å²) in [6.45, 7) is 1.70. The summed E-state index contributed by atoms with van der Waals surface area (Å²) in [4.78, 5) is 28.8. The van der Waals surface area contributed by atoms with E-state index in [2.05, 4.69) is 20.7 Å². The van der Waals surface area contributed by atoms with Crippen molar-refractivity contribution >= 4 is 17.5 Å². The highest BCUT2D eigenvalue weighted by molar-refractivity contribution is 6.01. The van der Waals surface area contributed by atoms with E-state index in [0.717, 1.165) is 18.9 Å². The van der Waals surface area contributed by atoms with Crippen LogP contribution in [0, 0.1) is 11.6 Å². The Kier molecular flexibility index (Phi) is 3.82. The third-order valence-corrected chi connectivity index (χ3v) is 4.40. The zero-order valence-corrected chi connectivity index (χ0v) is 13.8. The van der Waals surface area contributed by atoms with Gasteiger partial charge in [0.05, 0.1) is 6.04 Å². The van der Waals surface area contributed by atoms with Crippen molar-refractivity contribution < 1.29 is 23.1 Å². The fraction of sp³-hybridized carbons (Fsp3) is 0.375. The molecule has 2 atom stereocenters. The Morgan fingerprint density at radius 3 is 3.00 bits per heavy atom. The Balaban J connectivity index is 1.51. The van der Waals surface area contributed by atoms with E-state index in [1.165, 1.54) is 0 Å². The first-order chi connectivity index (χ1) is 12.4. The molecular weight excluding hydrogens is 348 g/mol. The zero-order chi connectivity index (χ0) is 18.4. The van der Waals surface area contributed by atoms with Gasteiger partial charge in [0.2, 0.25) is 5.82 Å². The molecule has 8 nitrogen and oxygen atoms in total. The van der Waals surface area contributed by atoms with E-state index in [4.69, 9.17) is 4.74 Å². The summed E-state index contributed by atoms with van der Waals surface area (Å²) in [5.41, 5.74) is -0.263. The first-order valence-electron chi connectivity index (χ1n) is 8.11. The highest BCUT2D eigenvalue weighted by atomic mass is 19.1. The van der Waals surface area contributed by atoms with Crippen LogP contribution in [0.25, 0.3) is 0 Å². The second kappa shape index (κ2) is 6.04. The Labute approximate surface area is 146 Å². The number of nitrogens with one attached hydrogen (secondary N) is 2. The standard InChI is InChI=1S/C16H15F2N5O3/c1-7-2-3-12-20-14(22-23(7)12)16(25)19-10-6-26-11-5-8(17)4-9(18)13(11)21-15(10)24/h4-5,7,10H,2-3,6H2,1H3,(H,19,25)(H,21,24)/t7-,10-/m0/s1. The highest BCUT2D eigenvalue weighted by Gasteiger charge is 2.31. The van der Waals surface area contributed by atoms with Gasteiger partial charge in [0, 0.05) is 18.6 Å². The number of rotatable bonds is 2. The minimum Gasteiger partial charge on any atom is -0.488 e. The predicted molar refractivity (Wildman–Crippen MR) is 84.8 cm³/mol. The van der Waals surface area contributed by atoms with E-state index in [1.54, 1.807) is 4.68 Å². The number of aromatic nitrogens is 3. The number of nitrogens with zero attached hydrogens (tertiary/aromatic N) is 3. The van der Waals surface area contributed by atoms with Gasteiger partial charge in [-0.3, -0.25) is 9.59 Å².